The molecule has 0 unspecified atom stereocenters. The van der Waals surface area contributed by atoms with Crippen molar-refractivity contribution in [2.75, 3.05) is 0 Å². The maximum absolute atomic E-state index is 12.0. The summed E-state index contributed by atoms with van der Waals surface area (Å²) in [6.45, 7) is 9.65. The number of carbonyl (C=O) groups excluding carboxylic acids is 2. The summed E-state index contributed by atoms with van der Waals surface area (Å²) in [5.74, 6) is -0.839. The Bertz CT molecular complexity index is 492. The van der Waals surface area contributed by atoms with Crippen molar-refractivity contribution in [3.63, 3.8) is 0 Å². The van der Waals surface area contributed by atoms with Crippen molar-refractivity contribution in [3.8, 4) is 0 Å². The Morgan fingerprint density at radius 3 is 2.63 bits per heavy atom. The van der Waals surface area contributed by atoms with Crippen LogP contribution in [-0.4, -0.2) is 29.1 Å². The van der Waals surface area contributed by atoms with Gasteiger partial charge in [0.05, 0.1) is 12.0 Å². The fourth-order valence-electron chi connectivity index (χ4n) is 3.95. The minimum Gasteiger partial charge on any atom is -0.458 e. The number of hydrogen-bond acceptors (Lipinski definition) is 4. The monoisotopic (exact) mass is 262 g/mol. The second kappa shape index (κ2) is 4.04. The molecule has 1 N–H and O–H groups in total. The summed E-state index contributed by atoms with van der Waals surface area (Å²) < 4.78 is 5.42. The van der Waals surface area contributed by atoms with E-state index in [0.29, 0.717) is 18.4 Å². The summed E-state index contributed by atoms with van der Waals surface area (Å²) in [7, 11) is 0. The number of aliphatic hydroxyl groups is 1. The molecule has 1 heterocycles. The van der Waals surface area contributed by atoms with Crippen LogP contribution < -0.4 is 0 Å². The summed E-state index contributed by atoms with van der Waals surface area (Å²) in [6.07, 6.45) is -0.257. The van der Waals surface area contributed by atoms with Crippen LogP contribution in [0.15, 0.2) is 24.3 Å². The van der Waals surface area contributed by atoms with Gasteiger partial charge in [0.1, 0.15) is 11.9 Å². The number of fused-ring (bicyclic) bond motifs is 3. The molecular formula is C15H18O4. The van der Waals surface area contributed by atoms with Crippen molar-refractivity contribution >= 4 is 11.8 Å². The van der Waals surface area contributed by atoms with Crippen LogP contribution in [-0.2, 0) is 14.3 Å². The third-order valence-electron chi connectivity index (χ3n) is 5.02. The van der Waals surface area contributed by atoms with Crippen LogP contribution in [0.5, 0.6) is 0 Å². The van der Waals surface area contributed by atoms with E-state index in [1.807, 2.05) is 6.92 Å². The number of esters is 1. The molecule has 4 heteroatoms. The molecule has 0 amide bonds. The highest BCUT2D eigenvalue weighted by Crippen LogP contribution is 2.51. The van der Waals surface area contributed by atoms with E-state index in [1.54, 1.807) is 0 Å². The van der Waals surface area contributed by atoms with Gasteiger partial charge >= 0.3 is 5.97 Å². The predicted molar refractivity (Wildman–Crippen MR) is 68.0 cm³/mol. The lowest BCUT2D eigenvalue weighted by Crippen LogP contribution is -2.35. The molecule has 3 aliphatic rings. The van der Waals surface area contributed by atoms with Gasteiger partial charge in [-0.1, -0.05) is 25.7 Å². The number of Topliss-reactive ketones (excluding diaryl/α,β-unsaturated/α-hetero) is 1. The number of carbonyl (C=O) groups is 2. The van der Waals surface area contributed by atoms with Crippen LogP contribution in [0.1, 0.15) is 19.8 Å². The van der Waals surface area contributed by atoms with Gasteiger partial charge in [-0.2, -0.15) is 0 Å². The lowest BCUT2D eigenvalue weighted by molar-refractivity contribution is -0.143. The lowest BCUT2D eigenvalue weighted by Gasteiger charge is -2.28. The zero-order chi connectivity index (χ0) is 13.9. The zero-order valence-corrected chi connectivity index (χ0v) is 11.0. The molecule has 19 heavy (non-hydrogen) atoms. The average Bonchev–Trinajstić information content (AvgIpc) is 2.75. The van der Waals surface area contributed by atoms with Crippen LogP contribution >= 0.6 is 0 Å². The Labute approximate surface area is 112 Å². The number of aliphatic hydroxyl groups excluding tert-OH is 1. The quantitative estimate of drug-likeness (QED) is 0.405. The van der Waals surface area contributed by atoms with Crippen LogP contribution in [0, 0.1) is 23.7 Å². The van der Waals surface area contributed by atoms with E-state index in [0.717, 1.165) is 5.57 Å². The van der Waals surface area contributed by atoms with E-state index in [2.05, 4.69) is 13.2 Å². The van der Waals surface area contributed by atoms with Crippen LogP contribution in [0.2, 0.25) is 0 Å². The molecule has 0 bridgehead atoms. The van der Waals surface area contributed by atoms with Crippen LogP contribution in [0.25, 0.3) is 0 Å². The molecule has 0 aromatic carbocycles. The molecule has 3 fully saturated rings. The first kappa shape index (κ1) is 12.6. The zero-order valence-electron chi connectivity index (χ0n) is 11.0. The molecule has 2 saturated carbocycles. The molecule has 4 nitrogen and oxygen atoms in total. The van der Waals surface area contributed by atoms with E-state index in [-0.39, 0.29) is 23.5 Å². The van der Waals surface area contributed by atoms with Gasteiger partial charge in [-0.25, -0.2) is 4.79 Å². The molecule has 6 atom stereocenters. The molecule has 2 aliphatic carbocycles. The highest BCUT2D eigenvalue weighted by Gasteiger charge is 2.56. The first-order chi connectivity index (χ1) is 8.91. The van der Waals surface area contributed by atoms with E-state index < -0.39 is 24.1 Å². The topological polar surface area (TPSA) is 63.6 Å². The van der Waals surface area contributed by atoms with E-state index in [1.165, 1.54) is 0 Å². The molecule has 0 spiro atoms. The Morgan fingerprint density at radius 2 is 1.95 bits per heavy atom. The van der Waals surface area contributed by atoms with Crippen molar-refractivity contribution in [3.05, 3.63) is 24.3 Å². The van der Waals surface area contributed by atoms with Gasteiger partial charge in [0, 0.05) is 23.8 Å². The number of ketones is 1. The van der Waals surface area contributed by atoms with Gasteiger partial charge in [0.25, 0.3) is 0 Å². The summed E-state index contributed by atoms with van der Waals surface area (Å²) in [6, 6.07) is 0. The molecule has 1 saturated heterocycles. The van der Waals surface area contributed by atoms with Gasteiger partial charge < -0.3 is 9.84 Å². The number of rotatable bonds is 0. The second-order valence-corrected chi connectivity index (χ2v) is 5.99. The fourth-order valence-corrected chi connectivity index (χ4v) is 3.95. The highest BCUT2D eigenvalue weighted by atomic mass is 16.6. The van der Waals surface area contributed by atoms with E-state index >= 15 is 0 Å². The van der Waals surface area contributed by atoms with Gasteiger partial charge in [-0.3, -0.25) is 4.79 Å². The Kier molecular flexibility index (Phi) is 2.68. The fraction of sp³-hybridized carbons (Fsp3) is 0.600. The maximum atomic E-state index is 12.0. The van der Waals surface area contributed by atoms with Crippen molar-refractivity contribution in [1.29, 1.82) is 0 Å². The summed E-state index contributed by atoms with van der Waals surface area (Å²) >= 11 is 0. The Hall–Kier alpha value is -1.42. The highest BCUT2D eigenvalue weighted by molar-refractivity contribution is 5.91. The van der Waals surface area contributed by atoms with Gasteiger partial charge in [0.2, 0.25) is 0 Å². The first-order valence-electron chi connectivity index (χ1n) is 6.70. The predicted octanol–water partition coefficient (Wildman–Crippen LogP) is 1.25. The Morgan fingerprint density at radius 1 is 1.26 bits per heavy atom. The summed E-state index contributed by atoms with van der Waals surface area (Å²) in [5, 5.41) is 10.3. The standard InChI is InChI=1S/C15H18O4/c1-6-4-11(17)13-8(3)15(18)19-14(13)12-7(2)10(16)5-9(6)12/h7,9,11-14,17H,1,3-5H2,2H3/t7-,9+,11-,12+,13+,14-/m1/s1. The third-order valence-corrected chi connectivity index (χ3v) is 5.02. The van der Waals surface area contributed by atoms with Crippen molar-refractivity contribution in [2.45, 2.75) is 32.0 Å². The van der Waals surface area contributed by atoms with Crippen LogP contribution in [0.3, 0.4) is 0 Å². The molecule has 0 aromatic heterocycles. The number of ether oxygens (including phenoxy) is 1. The largest absolute Gasteiger partial charge is 0.458 e. The molecule has 3 rings (SSSR count). The molecule has 0 radical (unpaired) electrons. The third kappa shape index (κ3) is 1.62. The van der Waals surface area contributed by atoms with Crippen molar-refractivity contribution in [2.24, 2.45) is 23.7 Å². The lowest BCUT2D eigenvalue weighted by atomic mass is 9.79. The summed E-state index contributed by atoms with van der Waals surface area (Å²) in [5.41, 5.74) is 1.23. The smallest absolute Gasteiger partial charge is 0.334 e. The van der Waals surface area contributed by atoms with Crippen molar-refractivity contribution < 1.29 is 19.4 Å². The van der Waals surface area contributed by atoms with Gasteiger partial charge in [-0.15, -0.1) is 0 Å². The molecule has 0 aromatic rings. The van der Waals surface area contributed by atoms with Gasteiger partial charge in [-0.05, 0) is 12.3 Å². The van der Waals surface area contributed by atoms with E-state index in [4.69, 9.17) is 4.74 Å². The molecular weight excluding hydrogens is 244 g/mol. The van der Waals surface area contributed by atoms with Crippen LogP contribution in [0.4, 0.5) is 0 Å². The van der Waals surface area contributed by atoms with Gasteiger partial charge in [0.15, 0.2) is 0 Å². The van der Waals surface area contributed by atoms with Crippen molar-refractivity contribution in [1.82, 2.24) is 0 Å². The average molecular weight is 262 g/mol. The maximum Gasteiger partial charge on any atom is 0.334 e. The molecule has 1 aliphatic heterocycles. The normalized spacial score (nSPS) is 45.8. The second-order valence-electron chi connectivity index (χ2n) is 5.99. The SMILES string of the molecule is C=C1C(=O)O[C@H]2[C@@H]1[C@H](O)CC(=C)[C@@H]1CC(=O)[C@@H](C)[C@H]21. The summed E-state index contributed by atoms with van der Waals surface area (Å²) in [4.78, 5) is 23.7. The first-order valence-corrected chi connectivity index (χ1v) is 6.70. The molecule has 102 valence electrons. The Balaban J connectivity index is 2.05. The van der Waals surface area contributed by atoms with E-state index in [9.17, 15) is 14.7 Å². The number of hydrogen-bond donors (Lipinski definition) is 1. The minimum absolute atomic E-state index is 0.0193. The minimum atomic E-state index is -0.690.